The SMILES string of the molecule is C[Si](C)(C)OS1(C(F)(F)F)N(S(=O)(=O)C(F)(F)F)N1S(=O)(=O)C(F)(F)C(F)(F)C(F)(F)C(F)(F)F. The van der Waals surface area contributed by atoms with E-state index in [1.807, 2.05) is 0 Å². The standard InChI is InChI=1S/C9H9F15N2O5S3Si/c1-35(2,3)31-32(8(19,20)21)25(26(32)34(29,30)9(22,23)24)33(27,28)7(17,18)5(12,13)4(10,11)6(14,15)16/h1-3H3. The number of hydrazine groups is 1. The quantitative estimate of drug-likeness (QED) is 0.223. The Hall–Kier alpha value is -0.703. The van der Waals surface area contributed by atoms with Crippen molar-refractivity contribution < 1.29 is 86.6 Å². The van der Waals surface area contributed by atoms with E-state index in [-0.39, 0.29) is 0 Å². The summed E-state index contributed by atoms with van der Waals surface area (Å²) in [4.78, 5) is 0. The molecule has 35 heavy (non-hydrogen) atoms. The zero-order chi connectivity index (χ0) is 28.9. The highest BCUT2D eigenvalue weighted by Gasteiger charge is 2.93. The summed E-state index contributed by atoms with van der Waals surface area (Å²) in [7, 11) is -27.4. The van der Waals surface area contributed by atoms with Crippen LogP contribution in [0, 0.1) is 0 Å². The van der Waals surface area contributed by atoms with Crippen LogP contribution in [0.15, 0.2) is 0 Å². The maximum atomic E-state index is 14.1. The van der Waals surface area contributed by atoms with Crippen LogP contribution in [0.2, 0.25) is 19.6 Å². The molecule has 0 N–H and O–H groups in total. The molecule has 1 rings (SSSR count). The van der Waals surface area contributed by atoms with E-state index < -0.39 is 81.0 Å². The molecule has 0 amide bonds. The smallest absolute Gasteiger partial charge is 0.344 e. The topological polar surface area (TPSA) is 83.5 Å². The summed E-state index contributed by atoms with van der Waals surface area (Å²) in [6.07, 6.45) is -7.67. The van der Waals surface area contributed by atoms with Gasteiger partial charge in [0.1, 0.15) is 10.7 Å². The predicted molar refractivity (Wildman–Crippen MR) is 86.5 cm³/mol. The van der Waals surface area contributed by atoms with Crippen molar-refractivity contribution in [3.05, 3.63) is 0 Å². The Balaban J connectivity index is 4.07. The van der Waals surface area contributed by atoms with Crippen LogP contribution in [0.3, 0.4) is 0 Å². The first kappa shape index (κ1) is 32.3. The molecule has 1 aliphatic rings. The van der Waals surface area contributed by atoms with Gasteiger partial charge in [0.25, 0.3) is 0 Å². The maximum Gasteiger partial charge on any atom is 0.513 e. The molecule has 1 heterocycles. The van der Waals surface area contributed by atoms with E-state index >= 15 is 0 Å². The lowest BCUT2D eigenvalue weighted by molar-refractivity contribution is -0.382. The molecule has 0 spiro atoms. The minimum absolute atomic E-state index is 0.583. The van der Waals surface area contributed by atoms with Gasteiger partial charge in [-0.3, -0.25) is 0 Å². The van der Waals surface area contributed by atoms with E-state index in [1.165, 1.54) is 0 Å². The fourth-order valence-corrected chi connectivity index (χ4v) is 13.2. The zero-order valence-corrected chi connectivity index (χ0v) is 19.8. The van der Waals surface area contributed by atoms with Gasteiger partial charge in [0.15, 0.2) is 0 Å². The first-order chi connectivity index (χ1) is 14.7. The van der Waals surface area contributed by atoms with Crippen LogP contribution < -0.4 is 0 Å². The van der Waals surface area contributed by atoms with Crippen LogP contribution in [-0.4, -0.2) is 67.1 Å². The van der Waals surface area contributed by atoms with Gasteiger partial charge in [-0.15, -0.1) is 0 Å². The van der Waals surface area contributed by atoms with Crippen molar-refractivity contribution >= 4 is 39.0 Å². The zero-order valence-electron chi connectivity index (χ0n) is 16.3. The van der Waals surface area contributed by atoms with Gasteiger partial charge in [-0.05, 0) is 27.3 Å². The molecule has 0 aromatic rings. The number of halogens is 15. The summed E-state index contributed by atoms with van der Waals surface area (Å²) >= 11 is 0. The fraction of sp³-hybridized carbons (Fsp3) is 1.00. The van der Waals surface area contributed by atoms with Gasteiger partial charge in [0.05, 0.1) is 0 Å². The van der Waals surface area contributed by atoms with Gasteiger partial charge in [-0.25, -0.2) is 16.8 Å². The van der Waals surface area contributed by atoms with E-state index in [1.54, 1.807) is 0 Å². The summed E-state index contributed by atoms with van der Waals surface area (Å²) in [5.41, 5.74) is -13.7. The summed E-state index contributed by atoms with van der Waals surface area (Å²) in [5, 5.41) is -7.98. The van der Waals surface area contributed by atoms with Crippen LogP contribution in [0.25, 0.3) is 0 Å². The second-order valence-electron chi connectivity index (χ2n) is 7.17. The molecule has 1 saturated heterocycles. The van der Waals surface area contributed by atoms with E-state index in [4.69, 9.17) is 0 Å². The molecule has 0 radical (unpaired) electrons. The number of alkyl halides is 15. The van der Waals surface area contributed by atoms with Crippen molar-refractivity contribution in [2.45, 2.75) is 53.9 Å². The van der Waals surface area contributed by atoms with Gasteiger partial charge in [0.2, 0.25) is 8.32 Å². The molecule has 1 aliphatic heterocycles. The molecular formula is C9H9F15N2O5S3Si. The average Bonchev–Trinajstić information content (AvgIpc) is 3.21. The number of hydrogen-bond donors (Lipinski definition) is 0. The molecule has 26 heteroatoms. The van der Waals surface area contributed by atoms with Crippen LogP contribution >= 0.6 is 10.7 Å². The minimum atomic E-state index is -8.49. The highest BCUT2D eigenvalue weighted by molar-refractivity contribution is 8.41. The number of rotatable bonds is 7. The Labute approximate surface area is 187 Å². The van der Waals surface area contributed by atoms with Gasteiger partial charge in [0, 0.05) is 0 Å². The van der Waals surface area contributed by atoms with Gasteiger partial charge in [-0.2, -0.15) is 65.9 Å². The van der Waals surface area contributed by atoms with E-state index in [0.717, 1.165) is 0 Å². The normalized spacial score (nSPS) is 27.9. The molecule has 3 atom stereocenters. The van der Waals surface area contributed by atoms with Crippen LogP contribution in [0.5, 0.6) is 0 Å². The lowest BCUT2D eigenvalue weighted by atomic mass is 10.1. The largest absolute Gasteiger partial charge is 0.513 e. The predicted octanol–water partition coefficient (Wildman–Crippen LogP) is 5.05. The lowest BCUT2D eigenvalue weighted by Gasteiger charge is -2.34. The van der Waals surface area contributed by atoms with Crippen molar-refractivity contribution in [3.8, 4) is 0 Å². The van der Waals surface area contributed by atoms with E-state index in [0.29, 0.717) is 19.6 Å². The fourth-order valence-electron chi connectivity index (χ4n) is 1.92. The maximum absolute atomic E-state index is 14.1. The molecule has 0 aliphatic carbocycles. The Morgan fingerprint density at radius 2 is 0.971 bits per heavy atom. The van der Waals surface area contributed by atoms with Gasteiger partial charge in [-0.1, -0.05) is 0 Å². The van der Waals surface area contributed by atoms with Crippen molar-refractivity contribution in [1.82, 2.24) is 7.64 Å². The van der Waals surface area contributed by atoms with Crippen LogP contribution in [-0.2, 0) is 23.9 Å². The second-order valence-corrected chi connectivity index (χ2v) is 18.2. The van der Waals surface area contributed by atoms with Gasteiger partial charge < -0.3 is 3.87 Å². The highest BCUT2D eigenvalue weighted by Crippen LogP contribution is 2.85. The molecule has 0 saturated carbocycles. The first-order valence-electron chi connectivity index (χ1n) is 7.66. The molecule has 1 fully saturated rings. The Bertz CT molecular complexity index is 1060. The third-order valence-electron chi connectivity index (χ3n) is 3.34. The summed E-state index contributed by atoms with van der Waals surface area (Å²) in [6, 6.07) is 0. The molecule has 0 aromatic carbocycles. The van der Waals surface area contributed by atoms with Crippen molar-refractivity contribution in [2.24, 2.45) is 0 Å². The first-order valence-corrected chi connectivity index (χ1v) is 15.4. The van der Waals surface area contributed by atoms with Gasteiger partial charge >= 0.3 is 54.3 Å². The third-order valence-corrected chi connectivity index (χ3v) is 13.2. The number of nitrogens with zero attached hydrogens (tertiary/aromatic N) is 2. The summed E-state index contributed by atoms with van der Waals surface area (Å²) in [6.45, 7) is 1.75. The third kappa shape index (κ3) is 4.48. The summed E-state index contributed by atoms with van der Waals surface area (Å²) in [5.74, 6) is -16.2. The van der Waals surface area contributed by atoms with Crippen molar-refractivity contribution in [1.29, 1.82) is 0 Å². The highest BCUT2D eigenvalue weighted by atomic mass is 32.4. The number of hydrogen-bond acceptors (Lipinski definition) is 5. The average molecular weight is 634 g/mol. The summed E-state index contributed by atoms with van der Waals surface area (Å²) < 4.78 is 244. The van der Waals surface area contributed by atoms with Crippen molar-refractivity contribution in [3.63, 3.8) is 0 Å². The van der Waals surface area contributed by atoms with E-state index in [9.17, 15) is 82.7 Å². The van der Waals surface area contributed by atoms with Crippen LogP contribution in [0.4, 0.5) is 65.9 Å². The molecule has 7 nitrogen and oxygen atoms in total. The number of sulfonamides is 2. The monoisotopic (exact) mass is 634 g/mol. The Morgan fingerprint density at radius 1 is 0.629 bits per heavy atom. The second kappa shape index (κ2) is 7.90. The minimum Gasteiger partial charge on any atom is -0.344 e. The van der Waals surface area contributed by atoms with Crippen molar-refractivity contribution in [2.75, 3.05) is 0 Å². The van der Waals surface area contributed by atoms with E-state index in [2.05, 4.69) is 3.87 Å². The molecular weight excluding hydrogens is 625 g/mol. The molecule has 212 valence electrons. The van der Waals surface area contributed by atoms with Crippen LogP contribution in [0.1, 0.15) is 0 Å². The Kier molecular flexibility index (Phi) is 7.30. The lowest BCUT2D eigenvalue weighted by Crippen LogP contribution is -2.64. The molecule has 3 unspecified atom stereocenters. The molecule has 0 bridgehead atoms. The molecule has 0 aromatic heterocycles. The Morgan fingerprint density at radius 3 is 1.23 bits per heavy atom.